The van der Waals surface area contributed by atoms with Gasteiger partial charge in [0.05, 0.1) is 10.7 Å². The molecule has 0 aliphatic heterocycles. The quantitative estimate of drug-likeness (QED) is 0.874. The molecule has 5 heteroatoms. The number of benzene rings is 1. The number of phenolic OH excluding ortho intramolecular Hbond substituents is 1. The van der Waals surface area contributed by atoms with Gasteiger partial charge in [-0.2, -0.15) is 0 Å². The van der Waals surface area contributed by atoms with Gasteiger partial charge in [0.15, 0.2) is 0 Å². The van der Waals surface area contributed by atoms with E-state index in [-0.39, 0.29) is 11.7 Å². The Bertz CT molecular complexity index is 605. The van der Waals surface area contributed by atoms with Crippen LogP contribution in [0.3, 0.4) is 0 Å². The molecule has 0 bridgehead atoms. The molecule has 0 unspecified atom stereocenters. The van der Waals surface area contributed by atoms with Crippen LogP contribution in [0.2, 0.25) is 0 Å². The second kappa shape index (κ2) is 4.78. The number of nitrogens with zero attached hydrogens (tertiary/aromatic N) is 1. The fourth-order valence-corrected chi connectivity index (χ4v) is 2.43. The van der Waals surface area contributed by atoms with Gasteiger partial charge in [-0.1, -0.05) is 6.07 Å². The van der Waals surface area contributed by atoms with E-state index in [0.29, 0.717) is 10.6 Å². The molecule has 2 aromatic rings. The van der Waals surface area contributed by atoms with Crippen LogP contribution in [-0.2, 0) is 0 Å². The predicted octanol–water partition coefficient (Wildman–Crippen LogP) is 3.03. The van der Waals surface area contributed by atoms with E-state index in [1.165, 1.54) is 17.4 Å². The first-order chi connectivity index (χ1) is 8.47. The van der Waals surface area contributed by atoms with Gasteiger partial charge in [-0.25, -0.2) is 4.98 Å². The third-order valence-corrected chi connectivity index (χ3v) is 3.65. The summed E-state index contributed by atoms with van der Waals surface area (Å²) in [6.45, 7) is 5.48. The summed E-state index contributed by atoms with van der Waals surface area (Å²) in [5, 5.41) is 13.2. The van der Waals surface area contributed by atoms with Gasteiger partial charge in [-0.3, -0.25) is 4.79 Å². The lowest BCUT2D eigenvalue weighted by atomic mass is 10.2. The highest BCUT2D eigenvalue weighted by molar-refractivity contribution is 7.13. The van der Waals surface area contributed by atoms with Gasteiger partial charge in [-0.05, 0) is 32.4 Å². The van der Waals surface area contributed by atoms with E-state index in [1.807, 2.05) is 13.8 Å². The van der Waals surface area contributed by atoms with Crippen molar-refractivity contribution in [3.05, 3.63) is 39.3 Å². The maximum Gasteiger partial charge on any atom is 0.267 e. The zero-order valence-electron chi connectivity index (χ0n) is 10.4. The number of rotatable bonds is 2. The minimum Gasteiger partial charge on any atom is -0.508 e. The van der Waals surface area contributed by atoms with Crippen molar-refractivity contribution in [2.24, 2.45) is 0 Å². The first-order valence-electron chi connectivity index (χ1n) is 5.52. The smallest absolute Gasteiger partial charge is 0.267 e. The molecule has 0 saturated heterocycles. The van der Waals surface area contributed by atoms with Crippen LogP contribution in [0.4, 0.5) is 5.69 Å². The highest BCUT2D eigenvalue weighted by Crippen LogP contribution is 2.23. The van der Waals surface area contributed by atoms with Crippen molar-refractivity contribution in [3.8, 4) is 5.75 Å². The van der Waals surface area contributed by atoms with Gasteiger partial charge in [0.1, 0.15) is 10.6 Å². The van der Waals surface area contributed by atoms with E-state index in [0.717, 1.165) is 16.3 Å². The average molecular weight is 262 g/mol. The highest BCUT2D eigenvalue weighted by Gasteiger charge is 2.14. The van der Waals surface area contributed by atoms with Gasteiger partial charge in [0, 0.05) is 11.8 Å². The summed E-state index contributed by atoms with van der Waals surface area (Å²) >= 11 is 1.36. The van der Waals surface area contributed by atoms with E-state index in [1.54, 1.807) is 19.1 Å². The van der Waals surface area contributed by atoms with Crippen LogP contribution in [0.25, 0.3) is 0 Å². The van der Waals surface area contributed by atoms with Gasteiger partial charge in [-0.15, -0.1) is 11.3 Å². The summed E-state index contributed by atoms with van der Waals surface area (Å²) in [5.74, 6) is -0.0219. The Morgan fingerprint density at radius 3 is 2.61 bits per heavy atom. The zero-order valence-corrected chi connectivity index (χ0v) is 11.3. The highest BCUT2D eigenvalue weighted by atomic mass is 32.1. The first-order valence-corrected chi connectivity index (χ1v) is 6.34. The number of phenols is 1. The fraction of sp³-hybridized carbons (Fsp3) is 0.231. The van der Waals surface area contributed by atoms with Crippen molar-refractivity contribution in [2.45, 2.75) is 20.8 Å². The summed E-state index contributed by atoms with van der Waals surface area (Å²) in [4.78, 5) is 16.8. The third kappa shape index (κ3) is 2.51. The van der Waals surface area contributed by atoms with Crippen molar-refractivity contribution in [1.29, 1.82) is 0 Å². The van der Waals surface area contributed by atoms with Gasteiger partial charge in [0.25, 0.3) is 5.91 Å². The fourth-order valence-electron chi connectivity index (χ4n) is 1.62. The van der Waals surface area contributed by atoms with Crippen LogP contribution in [-0.4, -0.2) is 16.0 Å². The Morgan fingerprint density at radius 1 is 1.33 bits per heavy atom. The molecule has 94 valence electrons. The molecule has 0 spiro atoms. The number of aryl methyl sites for hydroxylation is 3. The number of carbonyl (C=O) groups excluding carboxylic acids is 1. The van der Waals surface area contributed by atoms with E-state index in [9.17, 15) is 9.90 Å². The zero-order chi connectivity index (χ0) is 13.3. The molecular weight excluding hydrogens is 248 g/mol. The SMILES string of the molecule is Cc1nc(C)c(C(=O)Nc2ccc(C)c(O)c2)s1. The molecule has 0 atom stereocenters. The largest absolute Gasteiger partial charge is 0.508 e. The summed E-state index contributed by atoms with van der Waals surface area (Å²) in [5.41, 5.74) is 2.08. The molecule has 0 saturated carbocycles. The van der Waals surface area contributed by atoms with E-state index >= 15 is 0 Å². The van der Waals surface area contributed by atoms with E-state index < -0.39 is 0 Å². The van der Waals surface area contributed by atoms with Crippen molar-refractivity contribution in [1.82, 2.24) is 4.98 Å². The van der Waals surface area contributed by atoms with Crippen LogP contribution in [0.5, 0.6) is 5.75 Å². The molecular formula is C13H14N2O2S. The van der Waals surface area contributed by atoms with Crippen molar-refractivity contribution < 1.29 is 9.90 Å². The molecule has 1 aromatic heterocycles. The monoisotopic (exact) mass is 262 g/mol. The molecule has 18 heavy (non-hydrogen) atoms. The second-order valence-corrected chi connectivity index (χ2v) is 5.31. The van der Waals surface area contributed by atoms with Crippen LogP contribution in [0.1, 0.15) is 25.9 Å². The average Bonchev–Trinajstić information content (AvgIpc) is 2.63. The van der Waals surface area contributed by atoms with E-state index in [4.69, 9.17) is 0 Å². The predicted molar refractivity (Wildman–Crippen MR) is 72.4 cm³/mol. The molecule has 2 N–H and O–H groups in total. The number of aromatic nitrogens is 1. The van der Waals surface area contributed by atoms with Crippen molar-refractivity contribution >= 4 is 22.9 Å². The summed E-state index contributed by atoms with van der Waals surface area (Å²) in [6, 6.07) is 5.06. The maximum absolute atomic E-state index is 12.0. The van der Waals surface area contributed by atoms with Crippen molar-refractivity contribution in [3.63, 3.8) is 0 Å². The summed E-state index contributed by atoms with van der Waals surface area (Å²) in [7, 11) is 0. The lowest BCUT2D eigenvalue weighted by molar-refractivity contribution is 0.103. The lowest BCUT2D eigenvalue weighted by Gasteiger charge is -2.06. The molecule has 2 rings (SSSR count). The number of amides is 1. The standard InChI is InChI=1S/C13H14N2O2S/c1-7-4-5-10(6-11(7)16)15-13(17)12-8(2)14-9(3)18-12/h4-6,16H,1-3H3,(H,15,17). The Hall–Kier alpha value is -1.88. The minimum absolute atomic E-state index is 0.171. The molecule has 1 amide bonds. The van der Waals surface area contributed by atoms with E-state index in [2.05, 4.69) is 10.3 Å². The Labute approximate surface area is 109 Å². The number of anilines is 1. The van der Waals surface area contributed by atoms with Gasteiger partial charge >= 0.3 is 0 Å². The number of aromatic hydroxyl groups is 1. The topological polar surface area (TPSA) is 62.2 Å². The molecule has 0 aliphatic carbocycles. The first kappa shape index (κ1) is 12.6. The number of thiazole rings is 1. The normalized spacial score (nSPS) is 10.4. The lowest BCUT2D eigenvalue weighted by Crippen LogP contribution is -2.11. The van der Waals surface area contributed by atoms with Gasteiger partial charge in [0.2, 0.25) is 0 Å². The molecule has 0 radical (unpaired) electrons. The second-order valence-electron chi connectivity index (χ2n) is 4.10. The van der Waals surface area contributed by atoms with Crippen molar-refractivity contribution in [2.75, 3.05) is 5.32 Å². The number of carbonyl (C=O) groups is 1. The number of hydrogen-bond acceptors (Lipinski definition) is 4. The molecule has 1 heterocycles. The van der Waals surface area contributed by atoms with Crippen LogP contribution in [0, 0.1) is 20.8 Å². The molecule has 0 fully saturated rings. The van der Waals surface area contributed by atoms with Crippen LogP contribution in [0.15, 0.2) is 18.2 Å². The molecule has 0 aliphatic rings. The Kier molecular flexibility index (Phi) is 3.34. The number of nitrogens with one attached hydrogen (secondary N) is 1. The summed E-state index contributed by atoms with van der Waals surface area (Å²) < 4.78 is 0. The van der Waals surface area contributed by atoms with Crippen LogP contribution < -0.4 is 5.32 Å². The minimum atomic E-state index is -0.193. The maximum atomic E-state index is 12.0. The Morgan fingerprint density at radius 2 is 2.06 bits per heavy atom. The molecule has 1 aromatic carbocycles. The Balaban J connectivity index is 2.21. The van der Waals surface area contributed by atoms with Crippen LogP contribution >= 0.6 is 11.3 Å². The third-order valence-electron chi connectivity index (χ3n) is 2.58. The van der Waals surface area contributed by atoms with Gasteiger partial charge < -0.3 is 10.4 Å². The summed E-state index contributed by atoms with van der Waals surface area (Å²) in [6.07, 6.45) is 0. The molecule has 4 nitrogen and oxygen atoms in total. The number of hydrogen-bond donors (Lipinski definition) is 2.